The Morgan fingerprint density at radius 2 is 1.58 bits per heavy atom. The summed E-state index contributed by atoms with van der Waals surface area (Å²) in [6.45, 7) is 0. The van der Waals surface area contributed by atoms with Crippen LogP contribution in [0.4, 0.5) is 11.4 Å². The predicted octanol–water partition coefficient (Wildman–Crippen LogP) is 7.58. The molecule has 1 aliphatic heterocycles. The van der Waals surface area contributed by atoms with E-state index in [9.17, 15) is 0 Å². The summed E-state index contributed by atoms with van der Waals surface area (Å²) in [7, 11) is 0. The second kappa shape index (κ2) is 8.55. The molecule has 0 spiro atoms. The number of allylic oxidation sites excluding steroid dienone is 1. The minimum Gasteiger partial charge on any atom is -0.294 e. The molecule has 3 aromatic heterocycles. The van der Waals surface area contributed by atoms with Crippen molar-refractivity contribution < 1.29 is 5.43 Å². The molecular weight excluding hydrogens is 484 g/mol. The number of nitrogens with two attached hydrogens (primary N) is 1. The van der Waals surface area contributed by atoms with Crippen LogP contribution < -0.4 is 10.9 Å². The van der Waals surface area contributed by atoms with Gasteiger partial charge in [-0.2, -0.15) is 0 Å². The van der Waals surface area contributed by atoms with E-state index >= 15 is 0 Å². The molecule has 4 heterocycles. The number of quaternary nitrogens is 1. The van der Waals surface area contributed by atoms with Gasteiger partial charge in [0.25, 0.3) is 0 Å². The number of hydrogen-bond acceptors (Lipinski definition) is 3. The first-order valence-electron chi connectivity index (χ1n) is 13.0. The number of fused-ring (bicyclic) bond motifs is 7. The zero-order chi connectivity index (χ0) is 25.1. The second-order valence-corrected chi connectivity index (χ2v) is 10.9. The molecule has 6 aromatic rings. The zero-order valence-electron chi connectivity index (χ0n) is 20.7. The van der Waals surface area contributed by atoms with Gasteiger partial charge in [-0.15, -0.1) is 11.3 Å². The van der Waals surface area contributed by atoms with E-state index in [1.54, 1.807) is 0 Å². The van der Waals surface area contributed by atoms with Crippen LogP contribution in [0.5, 0.6) is 0 Å². The lowest BCUT2D eigenvalue weighted by Crippen LogP contribution is -2.83. The Morgan fingerprint density at radius 3 is 2.42 bits per heavy atom. The van der Waals surface area contributed by atoms with E-state index in [0.717, 1.165) is 29.9 Å². The molecule has 2 aliphatic rings. The van der Waals surface area contributed by atoms with Gasteiger partial charge in [-0.3, -0.25) is 4.57 Å². The van der Waals surface area contributed by atoms with Crippen LogP contribution in [-0.4, -0.2) is 9.55 Å². The first-order chi connectivity index (χ1) is 18.8. The number of anilines is 1. The zero-order valence-corrected chi connectivity index (χ0v) is 21.5. The highest BCUT2D eigenvalue weighted by Gasteiger charge is 2.34. The number of benzene rings is 3. The van der Waals surface area contributed by atoms with E-state index in [2.05, 4.69) is 125 Å². The smallest absolute Gasteiger partial charge is 0.182 e. The third kappa shape index (κ3) is 3.29. The molecule has 0 bridgehead atoms. The summed E-state index contributed by atoms with van der Waals surface area (Å²) < 4.78 is 3.74. The van der Waals surface area contributed by atoms with Crippen LogP contribution in [0.1, 0.15) is 17.7 Å². The van der Waals surface area contributed by atoms with Crippen LogP contribution in [0, 0.1) is 0 Å². The van der Waals surface area contributed by atoms with Crippen molar-refractivity contribution in [1.29, 1.82) is 0 Å². The van der Waals surface area contributed by atoms with Crippen molar-refractivity contribution in [3.63, 3.8) is 0 Å². The van der Waals surface area contributed by atoms with E-state index in [1.165, 1.54) is 54.4 Å². The SMILES string of the molecule is C1=Cc2c3c(n(-c4cc(-c5ccccc5)cc(-c5ccccc5)n4)c2CC1)-c1sc2ccccc2c1[NH2+]N3. The average Bonchev–Trinajstić information content (AvgIpc) is 3.54. The molecule has 0 fully saturated rings. The van der Waals surface area contributed by atoms with E-state index < -0.39 is 0 Å². The fraction of sp³-hybridized carbons (Fsp3) is 0.0606. The molecule has 4 nitrogen and oxygen atoms in total. The highest BCUT2D eigenvalue weighted by molar-refractivity contribution is 7.23. The highest BCUT2D eigenvalue weighted by atomic mass is 32.1. The molecule has 1 aliphatic carbocycles. The van der Waals surface area contributed by atoms with Crippen molar-refractivity contribution in [3.8, 4) is 38.8 Å². The third-order valence-corrected chi connectivity index (χ3v) is 8.76. The molecule has 0 unspecified atom stereocenters. The largest absolute Gasteiger partial charge is 0.294 e. The summed E-state index contributed by atoms with van der Waals surface area (Å²) in [6.07, 6.45) is 6.59. The Labute approximate surface area is 224 Å². The molecule has 0 atom stereocenters. The Bertz CT molecular complexity index is 1800. The van der Waals surface area contributed by atoms with Crippen LogP contribution >= 0.6 is 11.3 Å². The van der Waals surface area contributed by atoms with Crippen LogP contribution in [0.15, 0.2) is 103 Å². The van der Waals surface area contributed by atoms with Crippen molar-refractivity contribution in [2.45, 2.75) is 12.8 Å². The monoisotopic (exact) mass is 509 g/mol. The van der Waals surface area contributed by atoms with E-state index in [0.29, 0.717) is 0 Å². The molecule has 3 N–H and O–H groups in total. The van der Waals surface area contributed by atoms with Crippen LogP contribution in [0.25, 0.3) is 54.9 Å². The molecule has 0 amide bonds. The number of thiophene rings is 1. The summed E-state index contributed by atoms with van der Waals surface area (Å²) in [5.41, 5.74) is 16.6. The van der Waals surface area contributed by atoms with E-state index in [1.807, 2.05) is 11.3 Å². The first-order valence-corrected chi connectivity index (χ1v) is 13.9. The van der Waals surface area contributed by atoms with E-state index in [4.69, 9.17) is 4.98 Å². The summed E-state index contributed by atoms with van der Waals surface area (Å²) in [4.78, 5) is 6.62. The summed E-state index contributed by atoms with van der Waals surface area (Å²) in [5.74, 6) is 0.963. The Kier molecular flexibility index (Phi) is 4.87. The molecular formula is C33H25N4S+. The molecule has 5 heteroatoms. The Balaban J connectivity index is 1.44. The second-order valence-electron chi connectivity index (χ2n) is 9.82. The topological polar surface area (TPSA) is 46.5 Å². The molecule has 38 heavy (non-hydrogen) atoms. The summed E-state index contributed by atoms with van der Waals surface area (Å²) >= 11 is 1.87. The summed E-state index contributed by atoms with van der Waals surface area (Å²) in [6, 6.07) is 34.3. The maximum atomic E-state index is 5.32. The van der Waals surface area contributed by atoms with Gasteiger partial charge in [-0.1, -0.05) is 84.9 Å². The van der Waals surface area contributed by atoms with Crippen LogP contribution in [0.2, 0.25) is 0 Å². The fourth-order valence-corrected chi connectivity index (χ4v) is 7.04. The molecule has 182 valence electrons. The maximum Gasteiger partial charge on any atom is 0.182 e. The number of nitrogens with one attached hydrogen (secondary N) is 1. The van der Waals surface area contributed by atoms with E-state index in [-0.39, 0.29) is 0 Å². The lowest BCUT2D eigenvalue weighted by atomic mass is 10.0. The normalized spacial score (nSPS) is 13.6. The lowest BCUT2D eigenvalue weighted by Gasteiger charge is -2.18. The van der Waals surface area contributed by atoms with Gasteiger partial charge in [-0.25, -0.2) is 15.8 Å². The van der Waals surface area contributed by atoms with Crippen molar-refractivity contribution in [3.05, 3.63) is 114 Å². The number of pyridine rings is 1. The predicted molar refractivity (Wildman–Crippen MR) is 158 cm³/mol. The van der Waals surface area contributed by atoms with Crippen molar-refractivity contribution >= 4 is 38.9 Å². The van der Waals surface area contributed by atoms with Gasteiger partial charge < -0.3 is 0 Å². The maximum absolute atomic E-state index is 5.32. The number of rotatable bonds is 3. The van der Waals surface area contributed by atoms with Gasteiger partial charge >= 0.3 is 0 Å². The van der Waals surface area contributed by atoms with Gasteiger partial charge in [0.1, 0.15) is 16.4 Å². The molecule has 8 rings (SSSR count). The molecule has 0 saturated carbocycles. The third-order valence-electron chi connectivity index (χ3n) is 7.57. The number of aromatic nitrogens is 2. The van der Waals surface area contributed by atoms with Crippen LogP contribution in [-0.2, 0) is 6.42 Å². The minimum absolute atomic E-state index is 0.963. The minimum atomic E-state index is 0.963. The highest BCUT2D eigenvalue weighted by Crippen LogP contribution is 2.49. The number of hydrogen-bond donors (Lipinski definition) is 2. The lowest BCUT2D eigenvalue weighted by molar-refractivity contribution is -0.537. The number of nitrogens with zero attached hydrogens (tertiary/aromatic N) is 2. The summed E-state index contributed by atoms with van der Waals surface area (Å²) in [5, 5.41) is 1.29. The Morgan fingerprint density at radius 1 is 0.816 bits per heavy atom. The van der Waals surface area contributed by atoms with Gasteiger partial charge in [0.2, 0.25) is 0 Å². The fourth-order valence-electron chi connectivity index (χ4n) is 5.81. The van der Waals surface area contributed by atoms with Gasteiger partial charge in [0, 0.05) is 21.5 Å². The average molecular weight is 510 g/mol. The van der Waals surface area contributed by atoms with Crippen molar-refractivity contribution in [2.75, 3.05) is 5.43 Å². The molecule has 0 radical (unpaired) electrons. The Hall–Kier alpha value is -4.45. The first kappa shape index (κ1) is 21.6. The van der Waals surface area contributed by atoms with Crippen LogP contribution in [0.3, 0.4) is 0 Å². The quantitative estimate of drug-likeness (QED) is 0.242. The van der Waals surface area contributed by atoms with Gasteiger partial charge in [0.15, 0.2) is 5.69 Å². The standard InChI is InChI=1S/C33H24N4S/c1-3-11-21(12-4-1)23-19-26(22-13-5-2-6-14-22)34-29(20-23)37-27-17-9-7-15-24(27)30-32(37)33-31(36-35-30)25-16-8-10-18-28(25)38-33/h1-8,10-16,18-20,35-36H,9,17H2/p+1. The van der Waals surface area contributed by atoms with Gasteiger partial charge in [0.05, 0.1) is 16.8 Å². The van der Waals surface area contributed by atoms with Gasteiger partial charge in [-0.05, 0) is 48.2 Å². The molecule has 3 aromatic carbocycles. The number of nitrogen functional groups attached to an aromatic ring is 1. The molecule has 0 saturated heterocycles. The van der Waals surface area contributed by atoms with Crippen molar-refractivity contribution in [1.82, 2.24) is 9.55 Å². The van der Waals surface area contributed by atoms with Crippen molar-refractivity contribution in [2.24, 2.45) is 0 Å².